The molecule has 0 saturated heterocycles. The molecular weight excluding hydrogens is 413 g/mol. The maximum atomic E-state index is 14.9. The minimum Gasteiger partial charge on any atom is -0.489 e. The monoisotopic (exact) mass is 437 g/mol. The maximum absolute atomic E-state index is 14.9. The molecule has 0 spiro atoms. The number of hydrogen-bond acceptors (Lipinski definition) is 2. The van der Waals surface area contributed by atoms with E-state index < -0.39 is 5.82 Å². The highest BCUT2D eigenvalue weighted by Crippen LogP contribution is 2.36. The van der Waals surface area contributed by atoms with Gasteiger partial charge in [-0.2, -0.15) is 0 Å². The first kappa shape index (κ1) is 20.8. The molecule has 0 aliphatic carbocycles. The molecule has 0 atom stereocenters. The van der Waals surface area contributed by atoms with Crippen LogP contribution >= 0.6 is 0 Å². The third-order valence-corrected chi connectivity index (χ3v) is 5.70. The molecule has 0 unspecified atom stereocenters. The van der Waals surface area contributed by atoms with Crippen molar-refractivity contribution in [2.45, 2.75) is 20.1 Å². The lowest BCUT2D eigenvalue weighted by Crippen LogP contribution is -1.98. The largest absolute Gasteiger partial charge is 0.489 e. The van der Waals surface area contributed by atoms with Crippen LogP contribution in [-0.2, 0) is 13.2 Å². The molecule has 5 rings (SSSR count). The Bertz CT molecular complexity index is 1380. The third kappa shape index (κ3) is 4.60. The molecule has 0 amide bonds. The Morgan fingerprint density at radius 1 is 0.758 bits per heavy atom. The number of H-pyrrole nitrogens is 1. The van der Waals surface area contributed by atoms with E-state index >= 15 is 0 Å². The van der Waals surface area contributed by atoms with Crippen LogP contribution in [-0.4, -0.2) is 4.98 Å². The summed E-state index contributed by atoms with van der Waals surface area (Å²) in [4.78, 5) is 3.33. The molecule has 164 valence electrons. The number of hydrogen-bond donors (Lipinski definition) is 1. The van der Waals surface area contributed by atoms with Gasteiger partial charge < -0.3 is 14.5 Å². The first-order valence-corrected chi connectivity index (χ1v) is 10.9. The van der Waals surface area contributed by atoms with Crippen molar-refractivity contribution in [3.8, 4) is 22.6 Å². The summed E-state index contributed by atoms with van der Waals surface area (Å²) in [5, 5.41) is 1.06. The van der Waals surface area contributed by atoms with E-state index in [1.54, 1.807) is 6.07 Å². The Kier molecular flexibility index (Phi) is 5.81. The van der Waals surface area contributed by atoms with Crippen LogP contribution in [0.4, 0.5) is 4.39 Å². The molecule has 4 heteroatoms. The van der Waals surface area contributed by atoms with E-state index in [0.717, 1.165) is 44.5 Å². The van der Waals surface area contributed by atoms with Crippen LogP contribution in [0.15, 0.2) is 97.2 Å². The van der Waals surface area contributed by atoms with Crippen LogP contribution in [0, 0.1) is 12.7 Å². The summed E-state index contributed by atoms with van der Waals surface area (Å²) in [5.41, 5.74) is 5.80. The number of rotatable bonds is 7. The second-order valence-electron chi connectivity index (χ2n) is 8.06. The smallest absolute Gasteiger partial charge is 0.165 e. The molecule has 3 nitrogen and oxygen atoms in total. The summed E-state index contributed by atoms with van der Waals surface area (Å²) in [6, 6.07) is 28.9. The van der Waals surface area contributed by atoms with Gasteiger partial charge in [0.2, 0.25) is 0 Å². The molecule has 0 aliphatic rings. The zero-order valence-corrected chi connectivity index (χ0v) is 18.3. The second kappa shape index (κ2) is 9.21. The van der Waals surface area contributed by atoms with Crippen LogP contribution in [0.25, 0.3) is 22.0 Å². The van der Waals surface area contributed by atoms with Crippen LogP contribution in [0.2, 0.25) is 0 Å². The Hall–Kier alpha value is -4.05. The van der Waals surface area contributed by atoms with E-state index in [-0.39, 0.29) is 5.75 Å². The number of halogens is 1. The van der Waals surface area contributed by atoms with E-state index in [1.165, 1.54) is 6.07 Å². The molecule has 0 fully saturated rings. The Morgan fingerprint density at radius 2 is 1.42 bits per heavy atom. The van der Waals surface area contributed by atoms with Gasteiger partial charge in [0, 0.05) is 17.1 Å². The van der Waals surface area contributed by atoms with Crippen molar-refractivity contribution in [1.29, 1.82) is 0 Å². The highest BCUT2D eigenvalue weighted by molar-refractivity contribution is 5.97. The molecule has 33 heavy (non-hydrogen) atoms. The van der Waals surface area contributed by atoms with E-state index in [2.05, 4.69) is 4.98 Å². The molecule has 0 aliphatic heterocycles. The third-order valence-electron chi connectivity index (χ3n) is 5.70. The lowest BCUT2D eigenvalue weighted by molar-refractivity contribution is 0.290. The average Bonchev–Trinajstić information content (AvgIpc) is 3.23. The Balaban J connectivity index is 1.43. The SMILES string of the molecule is Cc1c[nH]c2c(-c3ccc(OCc4ccccc4)c(F)c3)cc(OCc3ccccc3)cc12. The summed E-state index contributed by atoms with van der Waals surface area (Å²) in [6.45, 7) is 2.83. The van der Waals surface area contributed by atoms with Gasteiger partial charge in [-0.25, -0.2) is 4.39 Å². The topological polar surface area (TPSA) is 34.2 Å². The number of benzene rings is 4. The Labute approximate surface area is 192 Å². The van der Waals surface area contributed by atoms with Gasteiger partial charge in [0.05, 0.1) is 5.52 Å². The van der Waals surface area contributed by atoms with Gasteiger partial charge in [-0.1, -0.05) is 66.7 Å². The molecule has 0 radical (unpaired) electrons. The fourth-order valence-electron chi connectivity index (χ4n) is 3.91. The highest BCUT2D eigenvalue weighted by atomic mass is 19.1. The van der Waals surface area contributed by atoms with Crippen LogP contribution in [0.3, 0.4) is 0 Å². The van der Waals surface area contributed by atoms with Crippen molar-refractivity contribution < 1.29 is 13.9 Å². The van der Waals surface area contributed by atoms with Crippen molar-refractivity contribution in [3.63, 3.8) is 0 Å². The van der Waals surface area contributed by atoms with E-state index in [4.69, 9.17) is 9.47 Å². The zero-order valence-electron chi connectivity index (χ0n) is 18.3. The summed E-state index contributed by atoms with van der Waals surface area (Å²) < 4.78 is 26.8. The minimum absolute atomic E-state index is 0.234. The molecule has 5 aromatic rings. The van der Waals surface area contributed by atoms with Crippen molar-refractivity contribution in [3.05, 3.63) is 120 Å². The van der Waals surface area contributed by atoms with Gasteiger partial charge in [0.25, 0.3) is 0 Å². The fourth-order valence-corrected chi connectivity index (χ4v) is 3.91. The van der Waals surface area contributed by atoms with Gasteiger partial charge in [0.1, 0.15) is 19.0 Å². The zero-order chi connectivity index (χ0) is 22.6. The molecule has 1 heterocycles. The number of fused-ring (bicyclic) bond motifs is 1. The summed E-state index contributed by atoms with van der Waals surface area (Å²) >= 11 is 0. The van der Waals surface area contributed by atoms with Crippen molar-refractivity contribution in [2.75, 3.05) is 0 Å². The molecule has 1 aromatic heterocycles. The maximum Gasteiger partial charge on any atom is 0.165 e. The molecule has 0 saturated carbocycles. The predicted molar refractivity (Wildman–Crippen MR) is 130 cm³/mol. The number of aromatic nitrogens is 1. The highest BCUT2D eigenvalue weighted by Gasteiger charge is 2.13. The van der Waals surface area contributed by atoms with Crippen LogP contribution < -0.4 is 9.47 Å². The van der Waals surface area contributed by atoms with Crippen LogP contribution in [0.1, 0.15) is 16.7 Å². The number of aromatic amines is 1. The number of aryl methyl sites for hydroxylation is 1. The van der Waals surface area contributed by atoms with E-state index in [1.807, 2.05) is 92.0 Å². The average molecular weight is 438 g/mol. The minimum atomic E-state index is -0.393. The standard InChI is InChI=1S/C29H24FNO2/c1-20-17-31-29-25(20)15-24(32-18-21-8-4-2-5-9-21)16-26(29)23-12-13-28(27(30)14-23)33-19-22-10-6-3-7-11-22/h2-17,31H,18-19H2,1H3. The first-order valence-electron chi connectivity index (χ1n) is 10.9. The fraction of sp³-hybridized carbons (Fsp3) is 0.103. The summed E-state index contributed by atoms with van der Waals surface area (Å²) in [6.07, 6.45) is 1.96. The molecule has 1 N–H and O–H groups in total. The predicted octanol–water partition coefficient (Wildman–Crippen LogP) is 7.44. The summed E-state index contributed by atoms with van der Waals surface area (Å²) in [7, 11) is 0. The normalized spacial score (nSPS) is 11.0. The van der Waals surface area contributed by atoms with Crippen LogP contribution in [0.5, 0.6) is 11.5 Å². The summed E-state index contributed by atoms with van der Waals surface area (Å²) in [5.74, 6) is 0.585. The van der Waals surface area contributed by atoms with Crippen molar-refractivity contribution in [2.24, 2.45) is 0 Å². The van der Waals surface area contributed by atoms with Crippen molar-refractivity contribution in [1.82, 2.24) is 4.98 Å². The quantitative estimate of drug-likeness (QED) is 0.287. The molecule has 4 aromatic carbocycles. The van der Waals surface area contributed by atoms with E-state index in [0.29, 0.717) is 13.2 Å². The number of nitrogens with one attached hydrogen (secondary N) is 1. The molecule has 0 bridgehead atoms. The first-order chi connectivity index (χ1) is 16.2. The Morgan fingerprint density at radius 3 is 2.09 bits per heavy atom. The van der Waals surface area contributed by atoms with Gasteiger partial charge in [-0.3, -0.25) is 0 Å². The lowest BCUT2D eigenvalue weighted by atomic mass is 10.0. The van der Waals surface area contributed by atoms with Gasteiger partial charge >= 0.3 is 0 Å². The molecular formula is C29H24FNO2. The second-order valence-corrected chi connectivity index (χ2v) is 8.06. The van der Waals surface area contributed by atoms with Gasteiger partial charge in [-0.15, -0.1) is 0 Å². The van der Waals surface area contributed by atoms with Gasteiger partial charge in [-0.05, 0) is 53.4 Å². The van der Waals surface area contributed by atoms with Crippen molar-refractivity contribution >= 4 is 10.9 Å². The lowest BCUT2D eigenvalue weighted by Gasteiger charge is -2.12. The van der Waals surface area contributed by atoms with E-state index in [9.17, 15) is 4.39 Å². The number of ether oxygens (including phenoxy) is 2. The van der Waals surface area contributed by atoms with Gasteiger partial charge in [0.15, 0.2) is 11.6 Å².